The van der Waals surface area contributed by atoms with Crippen LogP contribution >= 0.6 is 11.6 Å². The maximum atomic E-state index is 13.9. The van der Waals surface area contributed by atoms with Gasteiger partial charge in [-0.25, -0.2) is 0 Å². The Morgan fingerprint density at radius 2 is 2.00 bits per heavy atom. The van der Waals surface area contributed by atoms with Crippen LogP contribution < -0.4 is 10.5 Å². The molecule has 0 aliphatic carbocycles. The summed E-state index contributed by atoms with van der Waals surface area (Å²) in [5.74, 6) is -0.496. The number of hydrogen-bond donors (Lipinski definition) is 1. The monoisotopic (exact) mass is 568 g/mol. The van der Waals surface area contributed by atoms with Crippen LogP contribution in [0.5, 0.6) is 5.75 Å². The van der Waals surface area contributed by atoms with E-state index in [0.717, 1.165) is 11.3 Å². The first-order valence-corrected chi connectivity index (χ1v) is 13.2. The molecule has 0 fully saturated rings. The van der Waals surface area contributed by atoms with E-state index in [-0.39, 0.29) is 59.4 Å². The largest absolute Gasteiger partial charge is 0.435 e. The number of aromatic nitrogens is 2. The SMILES string of the molecule is CC(c1ccc(OC(F)F)cc1)N1CC(CN)n2nc3c(c2C1=O)CN(C(=O)c1ccc(Cl)c(C#N)c1)[C@H](C)C3. The molecule has 12 heteroatoms. The number of rotatable bonds is 6. The van der Waals surface area contributed by atoms with Crippen molar-refractivity contribution in [2.24, 2.45) is 5.73 Å². The van der Waals surface area contributed by atoms with Crippen LogP contribution in [-0.4, -0.2) is 57.1 Å². The molecule has 40 heavy (non-hydrogen) atoms. The van der Waals surface area contributed by atoms with Gasteiger partial charge in [0.15, 0.2) is 0 Å². The van der Waals surface area contributed by atoms with Gasteiger partial charge in [-0.2, -0.15) is 19.1 Å². The van der Waals surface area contributed by atoms with Gasteiger partial charge in [-0.05, 0) is 49.7 Å². The predicted molar refractivity (Wildman–Crippen MR) is 142 cm³/mol. The molecule has 0 bridgehead atoms. The van der Waals surface area contributed by atoms with Gasteiger partial charge in [0.05, 0.1) is 34.9 Å². The minimum Gasteiger partial charge on any atom is -0.435 e. The van der Waals surface area contributed by atoms with Gasteiger partial charge in [0.25, 0.3) is 11.8 Å². The van der Waals surface area contributed by atoms with Gasteiger partial charge in [0.1, 0.15) is 17.5 Å². The lowest BCUT2D eigenvalue weighted by Crippen LogP contribution is -2.47. The summed E-state index contributed by atoms with van der Waals surface area (Å²) in [6.45, 7) is 1.58. The summed E-state index contributed by atoms with van der Waals surface area (Å²) in [7, 11) is 0. The first kappa shape index (κ1) is 27.6. The van der Waals surface area contributed by atoms with Crippen molar-refractivity contribution < 1.29 is 23.1 Å². The third-order valence-corrected chi connectivity index (χ3v) is 7.91. The lowest BCUT2D eigenvalue weighted by Gasteiger charge is -2.38. The Balaban J connectivity index is 1.46. The second-order valence-electron chi connectivity index (χ2n) is 9.98. The van der Waals surface area contributed by atoms with Gasteiger partial charge < -0.3 is 20.3 Å². The standard InChI is InChI=1S/C28H27ClF2N6O3/c1-15-9-24-22(14-35(15)26(38)18-5-8-23(29)19(10-18)11-32)25-27(39)36(13-20(12-33)37(25)34-24)16(2)17-3-6-21(7-4-17)40-28(30)31/h3-8,10,15-16,20,28H,9,12-14,33H2,1-2H3/t15-,16?,20?/m1/s1. The number of fused-ring (bicyclic) bond motifs is 3. The highest BCUT2D eigenvalue weighted by molar-refractivity contribution is 6.31. The summed E-state index contributed by atoms with van der Waals surface area (Å²) >= 11 is 6.05. The number of amides is 2. The minimum absolute atomic E-state index is 0.0318. The number of carbonyl (C=O) groups excluding carboxylic acids is 2. The highest BCUT2D eigenvalue weighted by Gasteiger charge is 2.41. The van der Waals surface area contributed by atoms with Crippen LogP contribution in [-0.2, 0) is 13.0 Å². The lowest BCUT2D eigenvalue weighted by atomic mass is 9.96. The Labute approximate surface area is 234 Å². The molecule has 0 saturated heterocycles. The fourth-order valence-corrected chi connectivity index (χ4v) is 5.53. The van der Waals surface area contributed by atoms with E-state index in [4.69, 9.17) is 22.4 Å². The third-order valence-electron chi connectivity index (χ3n) is 7.58. The van der Waals surface area contributed by atoms with Crippen molar-refractivity contribution in [3.8, 4) is 11.8 Å². The van der Waals surface area contributed by atoms with Crippen molar-refractivity contribution in [3.05, 3.63) is 81.1 Å². The average molecular weight is 569 g/mol. The van der Waals surface area contributed by atoms with Crippen LogP contribution in [0.15, 0.2) is 42.5 Å². The Morgan fingerprint density at radius 1 is 1.27 bits per heavy atom. The summed E-state index contributed by atoms with van der Waals surface area (Å²) in [4.78, 5) is 30.8. The lowest BCUT2D eigenvalue weighted by molar-refractivity contribution is -0.0498. The molecule has 3 heterocycles. The van der Waals surface area contributed by atoms with Gasteiger partial charge >= 0.3 is 6.61 Å². The molecule has 0 saturated carbocycles. The van der Waals surface area contributed by atoms with E-state index in [0.29, 0.717) is 29.8 Å². The molecule has 2 unspecified atom stereocenters. The van der Waals surface area contributed by atoms with E-state index >= 15 is 0 Å². The summed E-state index contributed by atoms with van der Waals surface area (Å²) in [5, 5.41) is 14.4. The number of ether oxygens (including phenoxy) is 1. The summed E-state index contributed by atoms with van der Waals surface area (Å²) in [6.07, 6.45) is 0.450. The van der Waals surface area contributed by atoms with E-state index in [1.54, 1.807) is 32.7 Å². The van der Waals surface area contributed by atoms with Gasteiger partial charge in [0.2, 0.25) is 0 Å². The molecule has 208 valence electrons. The topological polar surface area (TPSA) is 117 Å². The number of nitrogens with zero attached hydrogens (tertiary/aromatic N) is 5. The summed E-state index contributed by atoms with van der Waals surface area (Å²) in [5.41, 5.74) is 9.21. The van der Waals surface area contributed by atoms with E-state index in [1.807, 2.05) is 19.9 Å². The van der Waals surface area contributed by atoms with Crippen molar-refractivity contribution in [1.29, 1.82) is 5.26 Å². The molecule has 2 aliphatic rings. The third kappa shape index (κ3) is 4.89. The van der Waals surface area contributed by atoms with Gasteiger partial charge in [-0.15, -0.1) is 0 Å². The highest BCUT2D eigenvalue weighted by atomic mass is 35.5. The molecule has 2 amide bonds. The molecular weight excluding hydrogens is 542 g/mol. The number of nitriles is 1. The van der Waals surface area contributed by atoms with Gasteiger partial charge in [-0.3, -0.25) is 14.3 Å². The Kier molecular flexibility index (Phi) is 7.49. The first-order valence-electron chi connectivity index (χ1n) is 12.8. The molecule has 0 spiro atoms. The second kappa shape index (κ2) is 10.9. The van der Waals surface area contributed by atoms with Crippen LogP contribution in [0.3, 0.4) is 0 Å². The van der Waals surface area contributed by atoms with Crippen molar-refractivity contribution >= 4 is 23.4 Å². The van der Waals surface area contributed by atoms with E-state index in [9.17, 15) is 23.6 Å². The summed E-state index contributed by atoms with van der Waals surface area (Å²) in [6, 6.07) is 11.9. The molecule has 5 rings (SSSR count). The smallest absolute Gasteiger partial charge is 0.387 e. The fourth-order valence-electron chi connectivity index (χ4n) is 5.37. The zero-order chi connectivity index (χ0) is 28.7. The van der Waals surface area contributed by atoms with Crippen molar-refractivity contribution in [2.45, 2.75) is 51.6 Å². The van der Waals surface area contributed by atoms with Crippen LogP contribution in [0.2, 0.25) is 5.02 Å². The zero-order valence-electron chi connectivity index (χ0n) is 21.9. The molecular formula is C28H27ClF2N6O3. The van der Waals surface area contributed by atoms with Gasteiger partial charge in [0, 0.05) is 36.7 Å². The first-order chi connectivity index (χ1) is 19.1. The molecule has 1 aromatic heterocycles. The number of alkyl halides is 2. The number of halogens is 3. The molecule has 0 radical (unpaired) electrons. The zero-order valence-corrected chi connectivity index (χ0v) is 22.6. The average Bonchev–Trinajstić information content (AvgIpc) is 3.31. The number of nitrogens with two attached hydrogens (primary N) is 1. The Bertz CT molecular complexity index is 1500. The van der Waals surface area contributed by atoms with Crippen molar-refractivity contribution in [1.82, 2.24) is 19.6 Å². The van der Waals surface area contributed by atoms with Crippen LogP contribution in [0, 0.1) is 11.3 Å². The molecule has 3 aromatic rings. The van der Waals surface area contributed by atoms with E-state index < -0.39 is 6.61 Å². The van der Waals surface area contributed by atoms with E-state index in [1.165, 1.54) is 24.3 Å². The number of hydrogen-bond acceptors (Lipinski definition) is 6. The molecule has 2 aromatic carbocycles. The predicted octanol–water partition coefficient (Wildman–Crippen LogP) is 4.31. The number of carbonyl (C=O) groups is 2. The highest BCUT2D eigenvalue weighted by Crippen LogP contribution is 2.35. The van der Waals surface area contributed by atoms with Crippen LogP contribution in [0.1, 0.15) is 69.2 Å². The maximum absolute atomic E-state index is 13.9. The number of benzene rings is 2. The van der Waals surface area contributed by atoms with Crippen molar-refractivity contribution in [3.63, 3.8) is 0 Å². The summed E-state index contributed by atoms with van der Waals surface area (Å²) < 4.78 is 31.3. The minimum atomic E-state index is -2.93. The van der Waals surface area contributed by atoms with Crippen molar-refractivity contribution in [2.75, 3.05) is 13.1 Å². The molecule has 9 nitrogen and oxygen atoms in total. The molecule has 2 N–H and O–H groups in total. The Morgan fingerprint density at radius 3 is 2.65 bits per heavy atom. The van der Waals surface area contributed by atoms with Crippen LogP contribution in [0.4, 0.5) is 8.78 Å². The molecule has 2 aliphatic heterocycles. The van der Waals surface area contributed by atoms with Crippen LogP contribution in [0.25, 0.3) is 0 Å². The second-order valence-corrected chi connectivity index (χ2v) is 10.4. The fraction of sp³-hybridized carbons (Fsp3) is 0.357. The van der Waals surface area contributed by atoms with Gasteiger partial charge in [-0.1, -0.05) is 23.7 Å². The van der Waals surface area contributed by atoms with E-state index in [2.05, 4.69) is 4.74 Å². The maximum Gasteiger partial charge on any atom is 0.387 e. The normalized spacial score (nSPS) is 19.2. The molecule has 3 atom stereocenters. The Hall–Kier alpha value is -4.01. The quantitative estimate of drug-likeness (QED) is 0.473.